The minimum absolute atomic E-state index is 0.0540. The molecule has 0 saturated carbocycles. The van der Waals surface area contributed by atoms with Gasteiger partial charge in [-0.2, -0.15) is 0 Å². The number of carbonyl (C=O) groups is 1. The molecule has 0 amide bonds. The van der Waals surface area contributed by atoms with Crippen LogP contribution in [0.25, 0.3) is 0 Å². The molecule has 2 rings (SSSR count). The normalized spacial score (nSPS) is 16.5. The van der Waals surface area contributed by atoms with Crippen LogP contribution in [0.5, 0.6) is 5.75 Å². The van der Waals surface area contributed by atoms with Crippen molar-refractivity contribution < 1.29 is 14.3 Å². The zero-order valence-electron chi connectivity index (χ0n) is 12.9. The number of rotatable bonds is 6. The summed E-state index contributed by atoms with van der Waals surface area (Å²) < 4.78 is 10.6. The van der Waals surface area contributed by atoms with Crippen LogP contribution in [0.15, 0.2) is 18.2 Å². The SMILES string of the molecule is CCOC(=O)CC(C)CC(N)c1ccc2c(c1)CCCO2. The second-order valence-electron chi connectivity index (χ2n) is 5.78. The van der Waals surface area contributed by atoms with Gasteiger partial charge in [-0.1, -0.05) is 19.1 Å². The van der Waals surface area contributed by atoms with Gasteiger partial charge in [-0.25, -0.2) is 0 Å². The summed E-state index contributed by atoms with van der Waals surface area (Å²) in [5.74, 6) is 1.05. The molecule has 2 atom stereocenters. The summed E-state index contributed by atoms with van der Waals surface area (Å²) in [5.41, 5.74) is 8.65. The number of hydrogen-bond acceptors (Lipinski definition) is 4. The first-order chi connectivity index (χ1) is 10.1. The fraction of sp³-hybridized carbons (Fsp3) is 0.588. The highest BCUT2D eigenvalue weighted by Gasteiger charge is 2.17. The van der Waals surface area contributed by atoms with Crippen molar-refractivity contribution in [3.63, 3.8) is 0 Å². The third-order valence-corrected chi connectivity index (χ3v) is 3.84. The van der Waals surface area contributed by atoms with Gasteiger partial charge < -0.3 is 15.2 Å². The number of hydrogen-bond donors (Lipinski definition) is 1. The van der Waals surface area contributed by atoms with E-state index in [9.17, 15) is 4.79 Å². The predicted molar refractivity (Wildman–Crippen MR) is 82.2 cm³/mol. The van der Waals surface area contributed by atoms with E-state index in [0.29, 0.717) is 13.0 Å². The first-order valence-electron chi connectivity index (χ1n) is 7.77. The molecule has 1 aromatic carbocycles. The monoisotopic (exact) mass is 291 g/mol. The number of esters is 1. The van der Waals surface area contributed by atoms with Crippen LogP contribution in [-0.4, -0.2) is 19.2 Å². The van der Waals surface area contributed by atoms with Crippen molar-refractivity contribution in [3.05, 3.63) is 29.3 Å². The Morgan fingerprint density at radius 1 is 1.48 bits per heavy atom. The van der Waals surface area contributed by atoms with Gasteiger partial charge in [0.1, 0.15) is 5.75 Å². The summed E-state index contributed by atoms with van der Waals surface area (Å²) in [7, 11) is 0. The van der Waals surface area contributed by atoms with E-state index in [1.807, 2.05) is 26.0 Å². The van der Waals surface area contributed by atoms with E-state index in [-0.39, 0.29) is 17.9 Å². The fourth-order valence-electron chi connectivity index (χ4n) is 2.77. The molecule has 0 spiro atoms. The maximum Gasteiger partial charge on any atom is 0.306 e. The zero-order chi connectivity index (χ0) is 15.2. The standard InChI is InChI=1S/C17H25NO3/c1-3-20-17(19)10-12(2)9-15(18)13-6-7-16-14(11-13)5-4-8-21-16/h6-7,11-12,15H,3-5,8-10,18H2,1-2H3. The number of fused-ring (bicyclic) bond motifs is 1. The van der Waals surface area contributed by atoms with E-state index in [0.717, 1.165) is 37.2 Å². The summed E-state index contributed by atoms with van der Waals surface area (Å²) in [6.45, 7) is 5.10. The summed E-state index contributed by atoms with van der Waals surface area (Å²) in [6, 6.07) is 6.14. The van der Waals surface area contributed by atoms with Crippen LogP contribution in [-0.2, 0) is 16.0 Å². The maximum absolute atomic E-state index is 11.5. The van der Waals surface area contributed by atoms with Crippen molar-refractivity contribution >= 4 is 5.97 Å². The second kappa shape index (κ2) is 7.46. The fourth-order valence-corrected chi connectivity index (χ4v) is 2.77. The molecule has 0 radical (unpaired) electrons. The lowest BCUT2D eigenvalue weighted by Gasteiger charge is -2.21. The van der Waals surface area contributed by atoms with Gasteiger partial charge in [0.05, 0.1) is 13.2 Å². The molecule has 4 heteroatoms. The lowest BCUT2D eigenvalue weighted by molar-refractivity contribution is -0.144. The van der Waals surface area contributed by atoms with Crippen molar-refractivity contribution in [2.45, 2.75) is 45.6 Å². The van der Waals surface area contributed by atoms with Crippen molar-refractivity contribution in [3.8, 4) is 5.75 Å². The molecule has 1 aromatic rings. The van der Waals surface area contributed by atoms with Gasteiger partial charge >= 0.3 is 5.97 Å². The number of aryl methyl sites for hydroxylation is 1. The quantitative estimate of drug-likeness (QED) is 0.818. The summed E-state index contributed by atoms with van der Waals surface area (Å²) in [4.78, 5) is 11.5. The van der Waals surface area contributed by atoms with Crippen LogP contribution >= 0.6 is 0 Å². The Morgan fingerprint density at radius 2 is 2.29 bits per heavy atom. The highest BCUT2D eigenvalue weighted by Crippen LogP contribution is 2.29. The highest BCUT2D eigenvalue weighted by atomic mass is 16.5. The van der Waals surface area contributed by atoms with Crippen molar-refractivity contribution in [1.82, 2.24) is 0 Å². The van der Waals surface area contributed by atoms with Crippen molar-refractivity contribution in [2.24, 2.45) is 11.7 Å². The molecule has 1 aliphatic heterocycles. The Labute approximate surface area is 126 Å². The molecule has 0 aliphatic carbocycles. The van der Waals surface area contributed by atoms with Crippen LogP contribution in [0.2, 0.25) is 0 Å². The van der Waals surface area contributed by atoms with E-state index in [4.69, 9.17) is 15.2 Å². The Balaban J connectivity index is 1.93. The Bertz CT molecular complexity index is 487. The molecule has 0 bridgehead atoms. The third kappa shape index (κ3) is 4.46. The number of benzene rings is 1. The minimum atomic E-state index is -0.143. The number of carbonyl (C=O) groups excluding carboxylic acids is 1. The average Bonchev–Trinajstić information content (AvgIpc) is 2.46. The number of nitrogens with two attached hydrogens (primary N) is 1. The van der Waals surface area contributed by atoms with Gasteiger partial charge in [-0.15, -0.1) is 0 Å². The summed E-state index contributed by atoms with van der Waals surface area (Å²) in [5, 5.41) is 0. The lowest BCUT2D eigenvalue weighted by atomic mass is 9.92. The topological polar surface area (TPSA) is 61.5 Å². The van der Waals surface area contributed by atoms with Crippen LogP contribution in [0, 0.1) is 5.92 Å². The first-order valence-corrected chi connectivity index (χ1v) is 7.77. The molecule has 1 aliphatic rings. The molecule has 116 valence electrons. The Morgan fingerprint density at radius 3 is 3.05 bits per heavy atom. The summed E-state index contributed by atoms with van der Waals surface area (Å²) in [6.07, 6.45) is 3.31. The van der Waals surface area contributed by atoms with Crippen LogP contribution in [0.4, 0.5) is 0 Å². The van der Waals surface area contributed by atoms with Gasteiger partial charge in [-0.3, -0.25) is 4.79 Å². The molecule has 0 saturated heterocycles. The van der Waals surface area contributed by atoms with Crippen molar-refractivity contribution in [2.75, 3.05) is 13.2 Å². The minimum Gasteiger partial charge on any atom is -0.493 e. The maximum atomic E-state index is 11.5. The van der Waals surface area contributed by atoms with Gasteiger partial charge in [0.25, 0.3) is 0 Å². The molecule has 2 unspecified atom stereocenters. The van der Waals surface area contributed by atoms with E-state index >= 15 is 0 Å². The molecule has 4 nitrogen and oxygen atoms in total. The molecular weight excluding hydrogens is 266 g/mol. The van der Waals surface area contributed by atoms with Crippen LogP contribution in [0.1, 0.15) is 50.3 Å². The van der Waals surface area contributed by atoms with Gasteiger partial charge in [-0.05, 0) is 49.3 Å². The van der Waals surface area contributed by atoms with E-state index in [1.54, 1.807) is 0 Å². The van der Waals surface area contributed by atoms with Crippen LogP contribution in [0.3, 0.4) is 0 Å². The molecular formula is C17H25NO3. The predicted octanol–water partition coefficient (Wildman–Crippen LogP) is 2.99. The zero-order valence-corrected chi connectivity index (χ0v) is 12.9. The molecule has 0 aromatic heterocycles. The van der Waals surface area contributed by atoms with E-state index < -0.39 is 0 Å². The van der Waals surface area contributed by atoms with Crippen molar-refractivity contribution in [1.29, 1.82) is 0 Å². The number of ether oxygens (including phenoxy) is 2. The summed E-state index contributed by atoms with van der Waals surface area (Å²) >= 11 is 0. The Hall–Kier alpha value is -1.55. The average molecular weight is 291 g/mol. The van der Waals surface area contributed by atoms with Crippen LogP contribution < -0.4 is 10.5 Å². The molecule has 21 heavy (non-hydrogen) atoms. The van der Waals surface area contributed by atoms with E-state index in [1.165, 1.54) is 5.56 Å². The molecule has 0 fully saturated rings. The lowest BCUT2D eigenvalue weighted by Crippen LogP contribution is -2.18. The second-order valence-corrected chi connectivity index (χ2v) is 5.78. The third-order valence-electron chi connectivity index (χ3n) is 3.84. The highest BCUT2D eigenvalue weighted by molar-refractivity contribution is 5.69. The van der Waals surface area contributed by atoms with Gasteiger partial charge in [0.15, 0.2) is 0 Å². The molecule has 1 heterocycles. The van der Waals surface area contributed by atoms with E-state index in [2.05, 4.69) is 6.07 Å². The largest absolute Gasteiger partial charge is 0.493 e. The Kier molecular flexibility index (Phi) is 5.62. The smallest absolute Gasteiger partial charge is 0.306 e. The molecule has 2 N–H and O–H groups in total. The van der Waals surface area contributed by atoms with Gasteiger partial charge in [0.2, 0.25) is 0 Å². The van der Waals surface area contributed by atoms with Gasteiger partial charge in [0, 0.05) is 12.5 Å². The first kappa shape index (κ1) is 15.8.